The SMILES string of the molecule is C[Si](C)(C)CCCC1CO1. The topological polar surface area (TPSA) is 12.5 Å². The molecule has 1 saturated heterocycles. The molecule has 0 saturated carbocycles. The van der Waals surface area contributed by atoms with Crippen LogP contribution in [0.3, 0.4) is 0 Å². The second-order valence-corrected chi connectivity index (χ2v) is 10.0. The van der Waals surface area contributed by atoms with E-state index in [2.05, 4.69) is 19.6 Å². The van der Waals surface area contributed by atoms with Crippen molar-refractivity contribution in [2.45, 2.75) is 44.6 Å². The van der Waals surface area contributed by atoms with E-state index in [9.17, 15) is 0 Å². The van der Waals surface area contributed by atoms with Gasteiger partial charge in [-0.15, -0.1) is 0 Å². The van der Waals surface area contributed by atoms with E-state index in [0.29, 0.717) is 6.10 Å². The van der Waals surface area contributed by atoms with Crippen LogP contribution in [0.2, 0.25) is 25.7 Å². The Morgan fingerprint density at radius 3 is 2.40 bits per heavy atom. The van der Waals surface area contributed by atoms with Crippen molar-refractivity contribution in [3.05, 3.63) is 0 Å². The summed E-state index contributed by atoms with van der Waals surface area (Å²) in [6.45, 7) is 8.33. The molecule has 1 rings (SSSR count). The van der Waals surface area contributed by atoms with E-state index in [1.807, 2.05) is 0 Å². The van der Waals surface area contributed by atoms with Gasteiger partial charge < -0.3 is 4.74 Å². The van der Waals surface area contributed by atoms with Gasteiger partial charge in [0.1, 0.15) is 0 Å². The van der Waals surface area contributed by atoms with Crippen molar-refractivity contribution in [2.24, 2.45) is 0 Å². The normalized spacial score (nSPS) is 24.9. The summed E-state index contributed by atoms with van der Waals surface area (Å²) in [4.78, 5) is 0. The van der Waals surface area contributed by atoms with Gasteiger partial charge in [0.05, 0.1) is 12.7 Å². The standard InChI is InChI=1S/C8H18OSi/c1-10(2,3)6-4-5-8-7-9-8/h8H,4-7H2,1-3H3. The van der Waals surface area contributed by atoms with Crippen molar-refractivity contribution < 1.29 is 4.74 Å². The first-order chi connectivity index (χ1) is 4.58. The molecule has 0 aromatic rings. The van der Waals surface area contributed by atoms with Gasteiger partial charge in [-0.05, 0) is 6.42 Å². The summed E-state index contributed by atoms with van der Waals surface area (Å²) in [5.74, 6) is 0. The molecule has 0 bridgehead atoms. The highest BCUT2D eigenvalue weighted by atomic mass is 28.3. The smallest absolute Gasteiger partial charge is 0.0809 e. The molecule has 2 heteroatoms. The Morgan fingerprint density at radius 1 is 1.40 bits per heavy atom. The van der Waals surface area contributed by atoms with Gasteiger partial charge in [-0.1, -0.05) is 32.1 Å². The highest BCUT2D eigenvalue weighted by Crippen LogP contribution is 2.20. The average Bonchev–Trinajstić information content (AvgIpc) is 2.45. The van der Waals surface area contributed by atoms with Crippen molar-refractivity contribution in [3.63, 3.8) is 0 Å². The highest BCUT2D eigenvalue weighted by molar-refractivity contribution is 6.76. The molecule has 0 radical (unpaired) electrons. The largest absolute Gasteiger partial charge is 0.373 e. The zero-order chi connectivity index (χ0) is 7.61. The molecule has 1 nitrogen and oxygen atoms in total. The third-order valence-electron chi connectivity index (χ3n) is 1.86. The molecule has 1 atom stereocenters. The number of ether oxygens (including phenoxy) is 1. The first-order valence-electron chi connectivity index (χ1n) is 4.19. The molecule has 1 fully saturated rings. The summed E-state index contributed by atoms with van der Waals surface area (Å²) in [7, 11) is -0.752. The second-order valence-electron chi connectivity index (χ2n) is 4.41. The zero-order valence-corrected chi connectivity index (χ0v) is 8.31. The van der Waals surface area contributed by atoms with Crippen LogP contribution >= 0.6 is 0 Å². The van der Waals surface area contributed by atoms with Crippen LogP contribution in [0.15, 0.2) is 0 Å². The lowest BCUT2D eigenvalue weighted by Crippen LogP contribution is -2.18. The van der Waals surface area contributed by atoms with Gasteiger partial charge >= 0.3 is 0 Å². The van der Waals surface area contributed by atoms with Gasteiger partial charge in [-0.3, -0.25) is 0 Å². The first-order valence-corrected chi connectivity index (χ1v) is 7.90. The van der Waals surface area contributed by atoms with Crippen LogP contribution < -0.4 is 0 Å². The van der Waals surface area contributed by atoms with E-state index in [4.69, 9.17) is 4.74 Å². The first kappa shape index (κ1) is 8.28. The predicted molar refractivity (Wildman–Crippen MR) is 47.1 cm³/mol. The number of rotatable bonds is 4. The molecule has 1 aliphatic heterocycles. The number of epoxide rings is 1. The summed E-state index contributed by atoms with van der Waals surface area (Å²) < 4.78 is 5.14. The molecular formula is C8H18OSi. The maximum atomic E-state index is 5.14. The van der Waals surface area contributed by atoms with Gasteiger partial charge in [0.25, 0.3) is 0 Å². The third kappa shape index (κ3) is 4.07. The minimum Gasteiger partial charge on any atom is -0.373 e. The molecule has 0 aromatic carbocycles. The van der Waals surface area contributed by atoms with Gasteiger partial charge in [-0.2, -0.15) is 0 Å². The lowest BCUT2D eigenvalue weighted by Gasteiger charge is -2.14. The van der Waals surface area contributed by atoms with Crippen LogP contribution in [-0.4, -0.2) is 20.8 Å². The van der Waals surface area contributed by atoms with Crippen molar-refractivity contribution in [1.82, 2.24) is 0 Å². The molecule has 0 aliphatic carbocycles. The van der Waals surface area contributed by atoms with Crippen LogP contribution in [0.25, 0.3) is 0 Å². The summed E-state index contributed by atoms with van der Waals surface area (Å²) in [6.07, 6.45) is 3.35. The van der Waals surface area contributed by atoms with Gasteiger partial charge in [0.15, 0.2) is 0 Å². The van der Waals surface area contributed by atoms with Crippen LogP contribution in [0.5, 0.6) is 0 Å². The van der Waals surface area contributed by atoms with Crippen LogP contribution in [-0.2, 0) is 4.74 Å². The molecule has 10 heavy (non-hydrogen) atoms. The molecule has 0 amide bonds. The Hall–Kier alpha value is 0.177. The lowest BCUT2D eigenvalue weighted by molar-refractivity contribution is 0.394. The van der Waals surface area contributed by atoms with Crippen molar-refractivity contribution in [3.8, 4) is 0 Å². The molecule has 1 unspecified atom stereocenters. The van der Waals surface area contributed by atoms with E-state index >= 15 is 0 Å². The van der Waals surface area contributed by atoms with Crippen LogP contribution in [0, 0.1) is 0 Å². The summed E-state index contributed by atoms with van der Waals surface area (Å²) >= 11 is 0. The van der Waals surface area contributed by atoms with E-state index < -0.39 is 8.07 Å². The van der Waals surface area contributed by atoms with Crippen molar-refractivity contribution in [2.75, 3.05) is 6.61 Å². The fraction of sp³-hybridized carbons (Fsp3) is 1.00. The Balaban J connectivity index is 1.93. The Morgan fingerprint density at radius 2 is 2.00 bits per heavy atom. The summed E-state index contributed by atoms with van der Waals surface area (Å²) in [6, 6.07) is 1.47. The maximum Gasteiger partial charge on any atom is 0.0809 e. The van der Waals surface area contributed by atoms with E-state index in [-0.39, 0.29) is 0 Å². The second kappa shape index (κ2) is 3.05. The molecule has 60 valence electrons. The molecule has 0 N–H and O–H groups in total. The average molecular weight is 158 g/mol. The number of hydrogen-bond donors (Lipinski definition) is 0. The monoisotopic (exact) mass is 158 g/mol. The Bertz CT molecular complexity index is 102. The lowest BCUT2D eigenvalue weighted by atomic mass is 10.3. The van der Waals surface area contributed by atoms with Crippen molar-refractivity contribution >= 4 is 8.07 Å². The quantitative estimate of drug-likeness (QED) is 0.452. The van der Waals surface area contributed by atoms with E-state index in [0.717, 1.165) is 6.61 Å². The van der Waals surface area contributed by atoms with Crippen LogP contribution in [0.1, 0.15) is 12.8 Å². The van der Waals surface area contributed by atoms with Crippen molar-refractivity contribution in [1.29, 1.82) is 0 Å². The maximum absolute atomic E-state index is 5.14. The Kier molecular flexibility index (Phi) is 2.53. The molecule has 0 aromatic heterocycles. The minimum atomic E-state index is -0.752. The molecule has 1 heterocycles. The summed E-state index contributed by atoms with van der Waals surface area (Å²) in [5.41, 5.74) is 0. The molecule has 0 spiro atoms. The molecular weight excluding hydrogens is 140 g/mol. The fourth-order valence-corrected chi connectivity index (χ4v) is 2.36. The summed E-state index contributed by atoms with van der Waals surface area (Å²) in [5, 5.41) is 0. The van der Waals surface area contributed by atoms with Gasteiger partial charge in [-0.25, -0.2) is 0 Å². The van der Waals surface area contributed by atoms with Crippen LogP contribution in [0.4, 0.5) is 0 Å². The predicted octanol–water partition coefficient (Wildman–Crippen LogP) is 2.50. The minimum absolute atomic E-state index is 0.649. The number of hydrogen-bond acceptors (Lipinski definition) is 1. The fourth-order valence-electron chi connectivity index (χ4n) is 1.09. The van der Waals surface area contributed by atoms with E-state index in [1.165, 1.54) is 18.9 Å². The van der Waals surface area contributed by atoms with Gasteiger partial charge in [0, 0.05) is 8.07 Å². The zero-order valence-electron chi connectivity index (χ0n) is 7.31. The molecule has 1 aliphatic rings. The van der Waals surface area contributed by atoms with E-state index in [1.54, 1.807) is 0 Å². The third-order valence-corrected chi connectivity index (χ3v) is 3.71. The van der Waals surface area contributed by atoms with Gasteiger partial charge in [0.2, 0.25) is 0 Å². The highest BCUT2D eigenvalue weighted by Gasteiger charge is 2.22. The Labute approximate surface area is 64.8 Å².